The summed E-state index contributed by atoms with van der Waals surface area (Å²) in [6.07, 6.45) is 0.774. The number of rotatable bonds is 7. The topological polar surface area (TPSA) is 71.1 Å². The highest BCUT2D eigenvalue weighted by Gasteiger charge is 2.10. The highest BCUT2D eigenvalue weighted by Crippen LogP contribution is 2.27. The van der Waals surface area contributed by atoms with Crippen LogP contribution in [0, 0.1) is 5.92 Å². The van der Waals surface area contributed by atoms with Gasteiger partial charge in [0.25, 0.3) is 0 Å². The van der Waals surface area contributed by atoms with Gasteiger partial charge in [0.2, 0.25) is 0 Å². The smallest absolute Gasteiger partial charge is 0.311 e. The number of ether oxygens (including phenoxy) is 4. The summed E-state index contributed by atoms with van der Waals surface area (Å²) in [6, 6.07) is 14.2. The zero-order valence-electron chi connectivity index (χ0n) is 19.1. The monoisotopic (exact) mass is 418 g/mol. The second-order valence-corrected chi connectivity index (χ2v) is 6.20. The van der Waals surface area contributed by atoms with Gasteiger partial charge in [-0.25, -0.2) is 0 Å². The Kier molecular flexibility index (Phi) is 14.3. The summed E-state index contributed by atoms with van der Waals surface area (Å²) >= 11 is 0. The average molecular weight is 419 g/mol. The Balaban J connectivity index is 0.000000522. The number of carbonyl (C=O) groups is 2. The molecule has 2 rings (SSSR count). The Morgan fingerprint density at radius 2 is 1.10 bits per heavy atom. The normalized spacial score (nSPS) is 9.33. The van der Waals surface area contributed by atoms with Crippen LogP contribution in [0.2, 0.25) is 0 Å². The van der Waals surface area contributed by atoms with Gasteiger partial charge in [0, 0.05) is 12.8 Å². The van der Waals surface area contributed by atoms with E-state index in [1.165, 1.54) is 0 Å². The highest BCUT2D eigenvalue weighted by atomic mass is 16.6. The fraction of sp³-hybridized carbons (Fsp3) is 0.417. The van der Waals surface area contributed by atoms with Crippen LogP contribution in [0.4, 0.5) is 0 Å². The molecule has 2 aromatic rings. The van der Waals surface area contributed by atoms with Gasteiger partial charge in [0.05, 0.1) is 14.2 Å². The molecule has 0 radical (unpaired) electrons. The van der Waals surface area contributed by atoms with E-state index in [4.69, 9.17) is 18.9 Å². The number of benzene rings is 2. The lowest BCUT2D eigenvalue weighted by molar-refractivity contribution is -0.135. The summed E-state index contributed by atoms with van der Waals surface area (Å²) in [7, 11) is 3.09. The maximum absolute atomic E-state index is 11.4. The molecule has 0 aliphatic rings. The molecule has 0 unspecified atom stereocenters. The maximum atomic E-state index is 11.4. The highest BCUT2D eigenvalue weighted by molar-refractivity contribution is 5.73. The Morgan fingerprint density at radius 3 is 1.43 bits per heavy atom. The van der Waals surface area contributed by atoms with E-state index < -0.39 is 0 Å². The zero-order valence-corrected chi connectivity index (χ0v) is 19.1. The van der Waals surface area contributed by atoms with Gasteiger partial charge in [-0.15, -0.1) is 0 Å². The van der Waals surface area contributed by atoms with E-state index in [-0.39, 0.29) is 11.9 Å². The SMILES string of the molecule is CC.CCC(=O)Oc1ccccc1OC.COc1ccccc1OC(=O)CC(C)C. The van der Waals surface area contributed by atoms with Crippen LogP contribution in [0.1, 0.15) is 47.5 Å². The summed E-state index contributed by atoms with van der Waals surface area (Å²) in [4.78, 5) is 22.4. The minimum atomic E-state index is -0.260. The largest absolute Gasteiger partial charge is 0.493 e. The second-order valence-electron chi connectivity index (χ2n) is 6.20. The molecule has 6 heteroatoms. The van der Waals surface area contributed by atoms with Crippen molar-refractivity contribution in [2.24, 2.45) is 5.92 Å². The fourth-order valence-electron chi connectivity index (χ4n) is 2.10. The molecule has 0 aromatic heterocycles. The van der Waals surface area contributed by atoms with E-state index >= 15 is 0 Å². The quantitative estimate of drug-likeness (QED) is 0.425. The minimum absolute atomic E-state index is 0.227. The molecule has 0 N–H and O–H groups in total. The van der Waals surface area contributed by atoms with Gasteiger partial charge in [-0.05, 0) is 30.2 Å². The number of para-hydroxylation sites is 4. The van der Waals surface area contributed by atoms with Crippen LogP contribution >= 0.6 is 0 Å². The molecule has 0 atom stereocenters. The van der Waals surface area contributed by atoms with E-state index in [1.807, 2.05) is 39.8 Å². The van der Waals surface area contributed by atoms with Crippen LogP contribution in [0.5, 0.6) is 23.0 Å². The first-order chi connectivity index (χ1) is 14.4. The van der Waals surface area contributed by atoms with Crippen LogP contribution in [-0.4, -0.2) is 26.2 Å². The lowest BCUT2D eigenvalue weighted by atomic mass is 10.1. The van der Waals surface area contributed by atoms with E-state index in [0.29, 0.717) is 41.8 Å². The molecular weight excluding hydrogens is 384 g/mol. The lowest BCUT2D eigenvalue weighted by Crippen LogP contribution is -2.11. The zero-order chi connectivity index (χ0) is 22.9. The van der Waals surface area contributed by atoms with E-state index in [2.05, 4.69) is 0 Å². The summed E-state index contributed by atoms with van der Waals surface area (Å²) in [5, 5.41) is 0. The molecule has 0 saturated heterocycles. The van der Waals surface area contributed by atoms with Gasteiger partial charge >= 0.3 is 11.9 Å². The Labute approximate surface area is 180 Å². The van der Waals surface area contributed by atoms with E-state index in [1.54, 1.807) is 57.5 Å². The molecule has 2 aromatic carbocycles. The van der Waals surface area contributed by atoms with Gasteiger partial charge < -0.3 is 18.9 Å². The van der Waals surface area contributed by atoms with Crippen LogP contribution in [0.25, 0.3) is 0 Å². The number of carbonyl (C=O) groups excluding carboxylic acids is 2. The maximum Gasteiger partial charge on any atom is 0.311 e. The van der Waals surface area contributed by atoms with E-state index in [9.17, 15) is 9.59 Å². The first-order valence-corrected chi connectivity index (χ1v) is 10.1. The fourth-order valence-corrected chi connectivity index (χ4v) is 2.10. The van der Waals surface area contributed by atoms with Crippen molar-refractivity contribution in [3.63, 3.8) is 0 Å². The van der Waals surface area contributed by atoms with Crippen molar-refractivity contribution in [2.45, 2.75) is 47.5 Å². The van der Waals surface area contributed by atoms with Crippen molar-refractivity contribution in [3.8, 4) is 23.0 Å². The average Bonchev–Trinajstić information content (AvgIpc) is 2.75. The van der Waals surface area contributed by atoms with Gasteiger partial charge in [0.1, 0.15) is 0 Å². The van der Waals surface area contributed by atoms with Crippen molar-refractivity contribution in [1.29, 1.82) is 0 Å². The van der Waals surface area contributed by atoms with Gasteiger partial charge in [-0.1, -0.05) is 58.9 Å². The molecule has 166 valence electrons. The lowest BCUT2D eigenvalue weighted by Gasteiger charge is -2.09. The molecule has 0 amide bonds. The van der Waals surface area contributed by atoms with Crippen molar-refractivity contribution < 1.29 is 28.5 Å². The van der Waals surface area contributed by atoms with Crippen molar-refractivity contribution in [1.82, 2.24) is 0 Å². The number of hydrogen-bond acceptors (Lipinski definition) is 6. The molecule has 0 fully saturated rings. The van der Waals surface area contributed by atoms with Gasteiger partial charge in [0.15, 0.2) is 23.0 Å². The third-order valence-electron chi connectivity index (χ3n) is 3.45. The molecule has 0 heterocycles. The van der Waals surface area contributed by atoms with Crippen LogP contribution in [-0.2, 0) is 9.59 Å². The number of methoxy groups -OCH3 is 2. The van der Waals surface area contributed by atoms with Crippen molar-refractivity contribution in [2.75, 3.05) is 14.2 Å². The first-order valence-electron chi connectivity index (χ1n) is 10.1. The Hall–Kier alpha value is -3.02. The minimum Gasteiger partial charge on any atom is -0.493 e. The summed E-state index contributed by atoms with van der Waals surface area (Å²) < 4.78 is 20.3. The number of hydrogen-bond donors (Lipinski definition) is 0. The summed E-state index contributed by atoms with van der Waals surface area (Å²) in [5.41, 5.74) is 0. The first kappa shape index (κ1) is 27.0. The summed E-state index contributed by atoms with van der Waals surface area (Å²) in [6.45, 7) is 9.70. The second kappa shape index (κ2) is 15.9. The molecule has 0 aliphatic carbocycles. The standard InChI is InChI=1S/C12H16O3.C10H12O3.C2H6/c1-9(2)8-12(13)15-11-7-5-4-6-10(11)14-3;1-3-10(11)13-9-7-5-4-6-8(9)12-2;1-2/h4-7,9H,8H2,1-3H3;4-7H,3H2,1-2H3;1-2H3. The van der Waals surface area contributed by atoms with Crippen LogP contribution in [0.15, 0.2) is 48.5 Å². The van der Waals surface area contributed by atoms with Gasteiger partial charge in [-0.2, -0.15) is 0 Å². The van der Waals surface area contributed by atoms with E-state index in [0.717, 1.165) is 0 Å². The predicted octanol–water partition coefficient (Wildman–Crippen LogP) is 5.68. The van der Waals surface area contributed by atoms with Crippen molar-refractivity contribution in [3.05, 3.63) is 48.5 Å². The third-order valence-corrected chi connectivity index (χ3v) is 3.45. The summed E-state index contributed by atoms with van der Waals surface area (Å²) in [5.74, 6) is 1.91. The molecule has 6 nitrogen and oxygen atoms in total. The number of esters is 2. The predicted molar refractivity (Wildman–Crippen MR) is 118 cm³/mol. The van der Waals surface area contributed by atoms with Gasteiger partial charge in [-0.3, -0.25) is 9.59 Å². The molecule has 0 bridgehead atoms. The molecular formula is C24H34O6. The molecule has 30 heavy (non-hydrogen) atoms. The van der Waals surface area contributed by atoms with Crippen LogP contribution < -0.4 is 18.9 Å². The van der Waals surface area contributed by atoms with Crippen LogP contribution in [0.3, 0.4) is 0 Å². The van der Waals surface area contributed by atoms with Crippen molar-refractivity contribution >= 4 is 11.9 Å². The molecule has 0 aliphatic heterocycles. The Morgan fingerprint density at radius 1 is 0.733 bits per heavy atom. The third kappa shape index (κ3) is 10.5. The Bertz CT molecular complexity index is 755. The molecule has 0 spiro atoms. The molecule has 0 saturated carbocycles.